The van der Waals surface area contributed by atoms with E-state index in [2.05, 4.69) is 15.6 Å². The molecule has 1 rings (SSSR count). The lowest BCUT2D eigenvalue weighted by molar-refractivity contribution is -0.137. The van der Waals surface area contributed by atoms with E-state index in [9.17, 15) is 21.6 Å². The second kappa shape index (κ2) is 9.65. The number of hydrogen-bond donors (Lipinski definition) is 2. The number of nitrogens with zero attached hydrogens (tertiary/aromatic N) is 1. The Kier molecular flexibility index (Phi) is 8.21. The smallest absolute Gasteiger partial charge is 0.357 e. The fourth-order valence-corrected chi connectivity index (χ4v) is 2.70. The topological polar surface area (TPSA) is 70.6 Å². The molecule has 0 unspecified atom stereocenters. The van der Waals surface area contributed by atoms with E-state index in [1.54, 1.807) is 0 Å². The molecule has 0 spiro atoms. The molecule has 0 atom stereocenters. The van der Waals surface area contributed by atoms with Gasteiger partial charge in [0.2, 0.25) is 0 Å². The third-order valence-electron chi connectivity index (χ3n) is 3.27. The molecule has 1 aromatic rings. The van der Waals surface area contributed by atoms with Crippen LogP contribution in [0.4, 0.5) is 13.2 Å². The molecule has 0 aliphatic heterocycles. The maximum Gasteiger partial charge on any atom is 0.416 e. The van der Waals surface area contributed by atoms with Crippen molar-refractivity contribution in [2.75, 3.05) is 31.6 Å². The molecule has 0 saturated carbocycles. The fourth-order valence-electron chi connectivity index (χ4n) is 2.04. The zero-order valence-corrected chi connectivity index (χ0v) is 15.2. The number of alkyl halides is 3. The van der Waals surface area contributed by atoms with Gasteiger partial charge in [-0.25, -0.2) is 8.42 Å². The minimum absolute atomic E-state index is 0.0848. The van der Waals surface area contributed by atoms with Crippen LogP contribution in [-0.4, -0.2) is 46.0 Å². The lowest BCUT2D eigenvalue weighted by atomic mass is 10.1. The first kappa shape index (κ1) is 21.3. The average Bonchev–Trinajstić information content (AvgIpc) is 2.50. The summed E-state index contributed by atoms with van der Waals surface area (Å²) in [6.45, 7) is 3.44. The second-order valence-electron chi connectivity index (χ2n) is 5.62. The molecule has 0 fully saturated rings. The standard InChI is InChI=1S/C16H24F3N3O2S/c1-3-20-15(21-10-4-12-25(2,23)24)22-11-9-13-5-7-14(8-6-13)16(17,18)19/h5-8H,3-4,9-12H2,1-2H3,(H2,20,21,22). The van der Waals surface area contributed by atoms with Crippen LogP contribution in [0.5, 0.6) is 0 Å². The van der Waals surface area contributed by atoms with Crippen molar-refractivity contribution in [2.24, 2.45) is 4.99 Å². The van der Waals surface area contributed by atoms with Gasteiger partial charge in [0.1, 0.15) is 9.84 Å². The number of halogens is 3. The molecule has 142 valence electrons. The summed E-state index contributed by atoms with van der Waals surface area (Å²) in [5.74, 6) is 0.643. The summed E-state index contributed by atoms with van der Waals surface area (Å²) in [6.07, 6.45) is -2.15. The van der Waals surface area contributed by atoms with Crippen LogP contribution in [0, 0.1) is 0 Å². The molecule has 0 aromatic heterocycles. The molecule has 0 bridgehead atoms. The van der Waals surface area contributed by atoms with Crippen molar-refractivity contribution in [3.05, 3.63) is 35.4 Å². The number of sulfone groups is 1. The zero-order valence-electron chi connectivity index (χ0n) is 14.4. The lowest BCUT2D eigenvalue weighted by Crippen LogP contribution is -2.38. The molecule has 9 heteroatoms. The third-order valence-corrected chi connectivity index (χ3v) is 4.31. The van der Waals surface area contributed by atoms with Gasteiger partial charge in [0.25, 0.3) is 0 Å². The summed E-state index contributed by atoms with van der Waals surface area (Å²) in [5.41, 5.74) is 0.124. The largest absolute Gasteiger partial charge is 0.416 e. The SMILES string of the molecule is CCNC(=NCCCS(C)(=O)=O)NCCc1ccc(C(F)(F)F)cc1. The molecular formula is C16H24F3N3O2S. The van der Waals surface area contributed by atoms with E-state index >= 15 is 0 Å². The molecule has 0 aliphatic carbocycles. The summed E-state index contributed by atoms with van der Waals surface area (Å²) in [7, 11) is -2.99. The van der Waals surface area contributed by atoms with Crippen LogP contribution >= 0.6 is 0 Å². The Morgan fingerprint density at radius 3 is 2.32 bits per heavy atom. The lowest BCUT2D eigenvalue weighted by Gasteiger charge is -2.12. The minimum atomic E-state index is -4.33. The van der Waals surface area contributed by atoms with Gasteiger partial charge in [-0.15, -0.1) is 0 Å². The van der Waals surface area contributed by atoms with Gasteiger partial charge in [-0.2, -0.15) is 13.2 Å². The van der Waals surface area contributed by atoms with Gasteiger partial charge >= 0.3 is 6.18 Å². The first-order valence-electron chi connectivity index (χ1n) is 7.98. The van der Waals surface area contributed by atoms with Gasteiger partial charge in [0.15, 0.2) is 5.96 Å². The predicted octanol–water partition coefficient (Wildman–Crippen LogP) is 2.24. The van der Waals surface area contributed by atoms with Gasteiger partial charge in [0.05, 0.1) is 11.3 Å². The molecule has 25 heavy (non-hydrogen) atoms. The van der Waals surface area contributed by atoms with Crippen LogP contribution in [-0.2, 0) is 22.4 Å². The van der Waals surface area contributed by atoms with Crippen molar-refractivity contribution in [2.45, 2.75) is 25.9 Å². The highest BCUT2D eigenvalue weighted by atomic mass is 32.2. The van der Waals surface area contributed by atoms with Crippen molar-refractivity contribution in [3.8, 4) is 0 Å². The van der Waals surface area contributed by atoms with Crippen LogP contribution in [0.3, 0.4) is 0 Å². The molecule has 0 aliphatic rings. The van der Waals surface area contributed by atoms with E-state index in [1.807, 2.05) is 6.92 Å². The first-order chi connectivity index (χ1) is 11.6. The maximum absolute atomic E-state index is 12.5. The number of nitrogens with one attached hydrogen (secondary N) is 2. The Morgan fingerprint density at radius 1 is 1.16 bits per heavy atom. The van der Waals surface area contributed by atoms with Crippen molar-refractivity contribution < 1.29 is 21.6 Å². The number of guanidine groups is 1. The van der Waals surface area contributed by atoms with Crippen molar-refractivity contribution in [1.29, 1.82) is 0 Å². The molecule has 5 nitrogen and oxygen atoms in total. The van der Waals surface area contributed by atoms with E-state index in [0.717, 1.165) is 17.7 Å². The number of aliphatic imine (C=N–C) groups is 1. The van der Waals surface area contributed by atoms with Crippen molar-refractivity contribution >= 4 is 15.8 Å². The fraction of sp³-hybridized carbons (Fsp3) is 0.562. The van der Waals surface area contributed by atoms with Crippen LogP contribution in [0.25, 0.3) is 0 Å². The maximum atomic E-state index is 12.5. The predicted molar refractivity (Wildman–Crippen MR) is 93.5 cm³/mol. The van der Waals surface area contributed by atoms with Gasteiger partial charge in [0, 0.05) is 25.9 Å². The van der Waals surface area contributed by atoms with E-state index in [0.29, 0.717) is 38.4 Å². The van der Waals surface area contributed by atoms with Crippen LogP contribution in [0.15, 0.2) is 29.3 Å². The van der Waals surface area contributed by atoms with Gasteiger partial charge in [-0.3, -0.25) is 4.99 Å². The quantitative estimate of drug-likeness (QED) is 0.413. The minimum Gasteiger partial charge on any atom is -0.357 e. The van der Waals surface area contributed by atoms with Gasteiger partial charge in [-0.1, -0.05) is 12.1 Å². The van der Waals surface area contributed by atoms with Crippen molar-refractivity contribution in [1.82, 2.24) is 10.6 Å². The number of hydrogen-bond acceptors (Lipinski definition) is 3. The summed E-state index contributed by atoms with van der Waals surface area (Å²) in [6, 6.07) is 5.06. The average molecular weight is 379 g/mol. The Morgan fingerprint density at radius 2 is 1.80 bits per heavy atom. The highest BCUT2D eigenvalue weighted by Gasteiger charge is 2.29. The van der Waals surface area contributed by atoms with Crippen LogP contribution in [0.1, 0.15) is 24.5 Å². The Bertz CT molecular complexity index is 656. The monoisotopic (exact) mass is 379 g/mol. The van der Waals surface area contributed by atoms with Gasteiger partial charge < -0.3 is 10.6 Å². The van der Waals surface area contributed by atoms with E-state index in [4.69, 9.17) is 0 Å². The van der Waals surface area contributed by atoms with Gasteiger partial charge in [-0.05, 0) is 37.5 Å². The summed E-state index contributed by atoms with van der Waals surface area (Å²) in [5, 5.41) is 6.12. The second-order valence-corrected chi connectivity index (χ2v) is 7.88. The van der Waals surface area contributed by atoms with E-state index in [-0.39, 0.29) is 5.75 Å². The summed E-state index contributed by atoms with van der Waals surface area (Å²) >= 11 is 0. The Labute approximate surface area is 146 Å². The van der Waals surface area contributed by atoms with Crippen molar-refractivity contribution in [3.63, 3.8) is 0 Å². The third kappa shape index (κ3) is 9.33. The molecule has 1 aromatic carbocycles. The first-order valence-corrected chi connectivity index (χ1v) is 10.0. The van der Waals surface area contributed by atoms with E-state index in [1.165, 1.54) is 18.4 Å². The normalized spacial score (nSPS) is 12.9. The molecule has 0 saturated heterocycles. The highest BCUT2D eigenvalue weighted by molar-refractivity contribution is 7.90. The Hall–Kier alpha value is -1.77. The highest BCUT2D eigenvalue weighted by Crippen LogP contribution is 2.29. The molecule has 0 radical (unpaired) electrons. The number of benzene rings is 1. The molecular weight excluding hydrogens is 355 g/mol. The summed E-state index contributed by atoms with van der Waals surface area (Å²) < 4.78 is 59.7. The molecule has 0 heterocycles. The van der Waals surface area contributed by atoms with Crippen LogP contribution < -0.4 is 10.6 Å². The Balaban J connectivity index is 2.46. The van der Waals surface area contributed by atoms with Crippen LogP contribution in [0.2, 0.25) is 0 Å². The molecule has 2 N–H and O–H groups in total. The zero-order chi connectivity index (χ0) is 18.9. The van der Waals surface area contributed by atoms with E-state index < -0.39 is 21.6 Å². The number of rotatable bonds is 8. The summed E-state index contributed by atoms with van der Waals surface area (Å²) in [4.78, 5) is 4.28. The molecule has 0 amide bonds.